The summed E-state index contributed by atoms with van der Waals surface area (Å²) in [6, 6.07) is 8.01. The minimum atomic E-state index is -0.0312. The van der Waals surface area contributed by atoms with Crippen molar-refractivity contribution in [3.63, 3.8) is 0 Å². The number of amides is 1. The minimum absolute atomic E-state index is 0.0312. The maximum atomic E-state index is 11.3. The molecule has 0 aromatic heterocycles. The molecule has 0 aliphatic heterocycles. The molecule has 0 fully saturated rings. The molecule has 0 aliphatic rings. The lowest BCUT2D eigenvalue weighted by Crippen LogP contribution is -2.11. The smallest absolute Gasteiger partial charge is 0.225 e. The fourth-order valence-corrected chi connectivity index (χ4v) is 1.62. The summed E-state index contributed by atoms with van der Waals surface area (Å²) >= 11 is 5.48. The van der Waals surface area contributed by atoms with Gasteiger partial charge in [-0.1, -0.05) is 25.5 Å². The Morgan fingerprint density at radius 3 is 2.56 bits per heavy atom. The summed E-state index contributed by atoms with van der Waals surface area (Å²) in [6.45, 7) is 2.18. The Hall–Kier alpha value is -1.02. The summed E-state index contributed by atoms with van der Waals surface area (Å²) in [6.07, 6.45) is 3.87. The van der Waals surface area contributed by atoms with Crippen LogP contribution in [0.3, 0.4) is 0 Å². The van der Waals surface area contributed by atoms with Crippen LogP contribution in [0.5, 0.6) is 0 Å². The Kier molecular flexibility index (Phi) is 5.94. The normalized spacial score (nSPS) is 10.1. The maximum absolute atomic E-state index is 11.3. The molecule has 88 valence electrons. The molecule has 0 bridgehead atoms. The summed E-state index contributed by atoms with van der Waals surface area (Å²) in [4.78, 5) is 11.3. The Bertz CT molecular complexity index is 321. The first kappa shape index (κ1) is 13.0. The lowest BCUT2D eigenvalue weighted by atomic mass is 10.1. The van der Waals surface area contributed by atoms with E-state index in [1.807, 2.05) is 12.1 Å². The average Bonchev–Trinajstić information content (AvgIpc) is 2.28. The fraction of sp³-hybridized carbons (Fsp3) is 0.462. The van der Waals surface area contributed by atoms with E-state index < -0.39 is 0 Å². The van der Waals surface area contributed by atoms with Gasteiger partial charge in [-0.25, -0.2) is 0 Å². The highest BCUT2D eigenvalue weighted by molar-refractivity contribution is 6.19. The van der Waals surface area contributed by atoms with Crippen LogP contribution in [0.2, 0.25) is 0 Å². The number of unbranched alkanes of at least 4 members (excludes halogenated alkanes) is 1. The first-order valence-electron chi connectivity index (χ1n) is 5.71. The first-order valence-corrected chi connectivity index (χ1v) is 6.24. The van der Waals surface area contributed by atoms with Gasteiger partial charge in [0.25, 0.3) is 0 Å². The summed E-state index contributed by atoms with van der Waals surface area (Å²) in [5.74, 6) is 0.330. The second kappa shape index (κ2) is 7.29. The summed E-state index contributed by atoms with van der Waals surface area (Å²) in [5, 5.41) is 2.80. The molecule has 0 radical (unpaired) electrons. The van der Waals surface area contributed by atoms with E-state index in [4.69, 9.17) is 11.6 Å². The second-order valence-corrected chi connectivity index (χ2v) is 4.17. The number of anilines is 1. The lowest BCUT2D eigenvalue weighted by molar-refractivity contribution is -0.115. The van der Waals surface area contributed by atoms with Crippen molar-refractivity contribution in [2.75, 3.05) is 11.2 Å². The van der Waals surface area contributed by atoms with Crippen LogP contribution in [0.1, 0.15) is 31.7 Å². The third-order valence-corrected chi connectivity index (χ3v) is 2.57. The maximum Gasteiger partial charge on any atom is 0.225 e. The van der Waals surface area contributed by atoms with E-state index >= 15 is 0 Å². The SMILES string of the molecule is CCCCc1ccc(NC(=O)CCCl)cc1. The number of hydrogen-bond donors (Lipinski definition) is 1. The minimum Gasteiger partial charge on any atom is -0.326 e. The van der Waals surface area contributed by atoms with Crippen molar-refractivity contribution in [3.05, 3.63) is 29.8 Å². The van der Waals surface area contributed by atoms with Gasteiger partial charge >= 0.3 is 0 Å². The Labute approximate surface area is 102 Å². The molecule has 0 spiro atoms. The van der Waals surface area contributed by atoms with E-state index in [9.17, 15) is 4.79 Å². The third-order valence-electron chi connectivity index (χ3n) is 2.38. The van der Waals surface area contributed by atoms with Gasteiger partial charge in [-0.3, -0.25) is 4.79 Å². The zero-order chi connectivity index (χ0) is 11.8. The number of carbonyl (C=O) groups excluding carboxylic acids is 1. The van der Waals surface area contributed by atoms with Gasteiger partial charge in [-0.15, -0.1) is 11.6 Å². The number of rotatable bonds is 6. The highest BCUT2D eigenvalue weighted by Gasteiger charge is 2.00. The summed E-state index contributed by atoms with van der Waals surface area (Å²) in [5.41, 5.74) is 2.16. The zero-order valence-electron chi connectivity index (χ0n) is 9.63. The average molecular weight is 240 g/mol. The largest absolute Gasteiger partial charge is 0.326 e. The third kappa shape index (κ3) is 4.67. The standard InChI is InChI=1S/C13H18ClNO/c1-2-3-4-11-5-7-12(8-6-11)15-13(16)9-10-14/h5-8H,2-4,9-10H2,1H3,(H,15,16). The van der Waals surface area contributed by atoms with Crippen LogP contribution in [0.15, 0.2) is 24.3 Å². The topological polar surface area (TPSA) is 29.1 Å². The van der Waals surface area contributed by atoms with E-state index in [1.54, 1.807) is 0 Å². The molecule has 1 amide bonds. The van der Waals surface area contributed by atoms with Crippen molar-refractivity contribution in [2.45, 2.75) is 32.6 Å². The van der Waals surface area contributed by atoms with Gasteiger partial charge < -0.3 is 5.32 Å². The Morgan fingerprint density at radius 2 is 2.00 bits per heavy atom. The van der Waals surface area contributed by atoms with Crippen molar-refractivity contribution >= 4 is 23.2 Å². The Balaban J connectivity index is 2.47. The van der Waals surface area contributed by atoms with Gasteiger partial charge in [0.1, 0.15) is 0 Å². The van der Waals surface area contributed by atoms with Crippen LogP contribution in [0, 0.1) is 0 Å². The van der Waals surface area contributed by atoms with E-state index in [1.165, 1.54) is 18.4 Å². The Morgan fingerprint density at radius 1 is 1.31 bits per heavy atom. The molecule has 1 rings (SSSR count). The van der Waals surface area contributed by atoms with Crippen LogP contribution in [-0.2, 0) is 11.2 Å². The highest BCUT2D eigenvalue weighted by atomic mass is 35.5. The molecule has 0 heterocycles. The van der Waals surface area contributed by atoms with E-state index in [0.29, 0.717) is 12.3 Å². The number of nitrogens with one attached hydrogen (secondary N) is 1. The van der Waals surface area contributed by atoms with Crippen molar-refractivity contribution < 1.29 is 4.79 Å². The molecule has 2 nitrogen and oxygen atoms in total. The summed E-state index contributed by atoms with van der Waals surface area (Å²) in [7, 11) is 0. The lowest BCUT2D eigenvalue weighted by Gasteiger charge is -2.05. The first-order chi connectivity index (χ1) is 7.76. The van der Waals surface area contributed by atoms with Gasteiger partial charge in [-0.05, 0) is 30.5 Å². The number of halogens is 1. The quantitative estimate of drug-likeness (QED) is 0.756. The van der Waals surface area contributed by atoms with Crippen molar-refractivity contribution in [1.82, 2.24) is 0 Å². The molecule has 0 saturated carbocycles. The number of alkyl halides is 1. The van der Waals surface area contributed by atoms with Gasteiger partial charge in [0.15, 0.2) is 0 Å². The van der Waals surface area contributed by atoms with Crippen molar-refractivity contribution in [2.24, 2.45) is 0 Å². The van der Waals surface area contributed by atoms with Gasteiger partial charge in [0, 0.05) is 18.0 Å². The molecule has 1 aromatic carbocycles. The van der Waals surface area contributed by atoms with Crippen LogP contribution < -0.4 is 5.32 Å². The van der Waals surface area contributed by atoms with Crippen LogP contribution in [0.4, 0.5) is 5.69 Å². The number of hydrogen-bond acceptors (Lipinski definition) is 1. The summed E-state index contributed by atoms with van der Waals surface area (Å²) < 4.78 is 0. The highest BCUT2D eigenvalue weighted by Crippen LogP contribution is 2.12. The monoisotopic (exact) mass is 239 g/mol. The van der Waals surface area contributed by atoms with E-state index in [-0.39, 0.29) is 5.91 Å². The molecule has 1 aromatic rings. The number of aryl methyl sites for hydroxylation is 1. The van der Waals surface area contributed by atoms with E-state index in [2.05, 4.69) is 24.4 Å². The van der Waals surface area contributed by atoms with Crippen molar-refractivity contribution in [1.29, 1.82) is 0 Å². The van der Waals surface area contributed by atoms with Crippen LogP contribution in [-0.4, -0.2) is 11.8 Å². The zero-order valence-corrected chi connectivity index (χ0v) is 10.4. The van der Waals surface area contributed by atoms with Gasteiger partial charge in [0.05, 0.1) is 0 Å². The van der Waals surface area contributed by atoms with Gasteiger partial charge in [0.2, 0.25) is 5.91 Å². The molecular formula is C13H18ClNO. The van der Waals surface area contributed by atoms with Crippen molar-refractivity contribution in [3.8, 4) is 0 Å². The fourth-order valence-electron chi connectivity index (χ4n) is 1.44. The molecule has 0 saturated heterocycles. The van der Waals surface area contributed by atoms with Crippen LogP contribution >= 0.6 is 11.6 Å². The molecule has 1 N–H and O–H groups in total. The predicted octanol–water partition coefficient (Wildman–Crippen LogP) is 3.60. The number of benzene rings is 1. The number of carbonyl (C=O) groups is 1. The van der Waals surface area contributed by atoms with Gasteiger partial charge in [-0.2, -0.15) is 0 Å². The molecule has 0 unspecified atom stereocenters. The molecule has 3 heteroatoms. The molecule has 16 heavy (non-hydrogen) atoms. The van der Waals surface area contributed by atoms with E-state index in [0.717, 1.165) is 12.1 Å². The van der Waals surface area contributed by atoms with Crippen LogP contribution in [0.25, 0.3) is 0 Å². The molecule has 0 aliphatic carbocycles. The predicted molar refractivity (Wildman–Crippen MR) is 69.0 cm³/mol. The molecule has 0 atom stereocenters. The second-order valence-electron chi connectivity index (χ2n) is 3.79. The molecular weight excluding hydrogens is 222 g/mol.